The van der Waals surface area contributed by atoms with Crippen LogP contribution in [0.25, 0.3) is 10.9 Å². The lowest BCUT2D eigenvalue weighted by Crippen LogP contribution is -2.60. The fourth-order valence-corrected chi connectivity index (χ4v) is 5.72. The van der Waals surface area contributed by atoms with Crippen molar-refractivity contribution in [1.29, 1.82) is 0 Å². The molecule has 0 saturated carbocycles. The molecular formula is C29H32N4O6. The molecule has 5 rings (SSSR count). The summed E-state index contributed by atoms with van der Waals surface area (Å²) in [7, 11) is 0. The Labute approximate surface area is 225 Å². The van der Waals surface area contributed by atoms with E-state index in [1.807, 2.05) is 43.3 Å². The summed E-state index contributed by atoms with van der Waals surface area (Å²) in [6, 6.07) is 11.1. The molecule has 6 atom stereocenters. The number of aromatic nitrogens is 1. The lowest BCUT2D eigenvalue weighted by Gasteiger charge is -2.38. The van der Waals surface area contributed by atoms with E-state index < -0.39 is 48.1 Å². The van der Waals surface area contributed by atoms with Crippen molar-refractivity contribution in [1.82, 2.24) is 20.5 Å². The summed E-state index contributed by atoms with van der Waals surface area (Å²) in [5, 5.41) is 25.4. The predicted octanol–water partition coefficient (Wildman–Crippen LogP) is 2.12. The van der Waals surface area contributed by atoms with E-state index in [0.29, 0.717) is 12.0 Å². The van der Waals surface area contributed by atoms with E-state index in [2.05, 4.69) is 15.6 Å². The number of para-hydroxylation sites is 1. The third-order valence-corrected chi connectivity index (χ3v) is 7.99. The number of hydrogen-bond donors (Lipinski definition) is 5. The number of aliphatic hydroxyl groups excluding tert-OH is 1. The fourth-order valence-electron chi connectivity index (χ4n) is 5.72. The molecule has 10 nitrogen and oxygen atoms in total. The minimum atomic E-state index is -1.52. The van der Waals surface area contributed by atoms with Gasteiger partial charge in [-0.25, -0.2) is 4.79 Å². The summed E-state index contributed by atoms with van der Waals surface area (Å²) in [5.74, 6) is -3.19. The number of carbonyl (C=O) groups excluding carboxylic acids is 3. The summed E-state index contributed by atoms with van der Waals surface area (Å²) < 4.78 is 0. The smallest absolute Gasteiger partial charge is 0.328 e. The van der Waals surface area contributed by atoms with Gasteiger partial charge in [0, 0.05) is 28.6 Å². The normalized spacial score (nSPS) is 20.8. The monoisotopic (exact) mass is 532 g/mol. The van der Waals surface area contributed by atoms with Gasteiger partial charge in [0.1, 0.15) is 12.1 Å². The third-order valence-electron chi connectivity index (χ3n) is 7.99. The number of aliphatic carboxylic acids is 1. The number of hydrogen-bond acceptors (Lipinski definition) is 5. The van der Waals surface area contributed by atoms with Gasteiger partial charge in [-0.05, 0) is 36.1 Å². The van der Waals surface area contributed by atoms with Gasteiger partial charge in [0.25, 0.3) is 5.91 Å². The van der Waals surface area contributed by atoms with E-state index in [1.54, 1.807) is 24.0 Å². The number of carboxylic acids is 1. The number of carbonyl (C=O) groups is 4. The van der Waals surface area contributed by atoms with Crippen molar-refractivity contribution in [2.24, 2.45) is 5.92 Å². The minimum absolute atomic E-state index is 0.252. The van der Waals surface area contributed by atoms with Gasteiger partial charge < -0.3 is 30.7 Å². The van der Waals surface area contributed by atoms with E-state index in [9.17, 15) is 29.4 Å². The quantitative estimate of drug-likeness (QED) is 0.300. The molecule has 5 N–H and O–H groups in total. The number of rotatable bonds is 8. The average Bonchev–Trinajstić information content (AvgIpc) is 3.44. The molecule has 2 aliphatic heterocycles. The van der Waals surface area contributed by atoms with Gasteiger partial charge in [-0.3, -0.25) is 14.4 Å². The van der Waals surface area contributed by atoms with E-state index in [-0.39, 0.29) is 18.2 Å². The lowest BCUT2D eigenvalue weighted by atomic mass is 9.89. The topological polar surface area (TPSA) is 152 Å². The van der Waals surface area contributed by atoms with Crippen LogP contribution in [0.1, 0.15) is 60.4 Å². The van der Waals surface area contributed by atoms with E-state index in [1.165, 1.54) is 6.92 Å². The molecule has 0 unspecified atom stereocenters. The Morgan fingerprint density at radius 3 is 2.44 bits per heavy atom. The van der Waals surface area contributed by atoms with Crippen LogP contribution in [0.4, 0.5) is 0 Å². The van der Waals surface area contributed by atoms with Crippen LogP contribution < -0.4 is 10.6 Å². The number of aliphatic hydroxyl groups is 1. The Hall–Kier alpha value is -4.18. The number of nitrogens with one attached hydrogen (secondary N) is 3. The second-order valence-corrected chi connectivity index (χ2v) is 10.4. The van der Waals surface area contributed by atoms with Gasteiger partial charge in [-0.15, -0.1) is 0 Å². The summed E-state index contributed by atoms with van der Waals surface area (Å²) in [5.41, 5.74) is 4.07. The highest BCUT2D eigenvalue weighted by atomic mass is 16.4. The number of aromatic amines is 1. The third kappa shape index (κ3) is 4.44. The van der Waals surface area contributed by atoms with Gasteiger partial charge >= 0.3 is 5.97 Å². The molecule has 3 aromatic rings. The number of nitrogens with zero attached hydrogens (tertiary/aromatic N) is 1. The minimum Gasteiger partial charge on any atom is -0.480 e. The molecule has 0 radical (unpaired) electrons. The molecule has 0 aliphatic carbocycles. The predicted molar refractivity (Wildman–Crippen MR) is 143 cm³/mol. The molecule has 204 valence electrons. The molecule has 0 bridgehead atoms. The highest BCUT2D eigenvalue weighted by molar-refractivity contribution is 6.04. The van der Waals surface area contributed by atoms with Gasteiger partial charge in [0.05, 0.1) is 12.1 Å². The Morgan fingerprint density at radius 1 is 1.05 bits per heavy atom. The number of carboxylic acid groups (broad SMARTS) is 1. The van der Waals surface area contributed by atoms with Crippen molar-refractivity contribution in [2.45, 2.75) is 63.9 Å². The van der Waals surface area contributed by atoms with Gasteiger partial charge in [0.2, 0.25) is 11.8 Å². The SMILES string of the molecule is CC[C@H](C)[C@H](NC(=O)[C@@H]1Cc2c([nH]c3ccccc23)[C@@H]2c3ccccc3C(=O)N21)C(=O)N[C@H](C(=O)O)[C@@H](C)O. The van der Waals surface area contributed by atoms with Gasteiger partial charge in [-0.2, -0.15) is 0 Å². The maximum atomic E-state index is 13.9. The molecule has 3 heterocycles. The summed E-state index contributed by atoms with van der Waals surface area (Å²) in [6.07, 6.45) is -0.555. The fraction of sp³-hybridized carbons (Fsp3) is 0.379. The van der Waals surface area contributed by atoms with Crippen LogP contribution in [0.5, 0.6) is 0 Å². The number of amides is 3. The first kappa shape index (κ1) is 26.4. The molecule has 10 heteroatoms. The van der Waals surface area contributed by atoms with Crippen molar-refractivity contribution in [3.05, 3.63) is 70.9 Å². The molecule has 0 saturated heterocycles. The van der Waals surface area contributed by atoms with Crippen LogP contribution >= 0.6 is 0 Å². The molecule has 39 heavy (non-hydrogen) atoms. The lowest BCUT2D eigenvalue weighted by molar-refractivity contribution is -0.145. The highest BCUT2D eigenvalue weighted by Gasteiger charge is 2.49. The standard InChI is InChI=1S/C29H32N4O6/c1-4-14(2)22(27(36)32-23(15(3)34)29(38)39)31-26(35)21-13-19-16-9-7-8-12-20(16)30-24(19)25-17-10-5-6-11-18(17)28(37)33(21)25/h5-12,14-15,21-23,25,30,34H,4,13H2,1-3H3,(H,31,35)(H,32,36)(H,38,39)/t14-,15+,21-,22-,23-,25-/m0/s1. The second kappa shape index (κ2) is 10.2. The summed E-state index contributed by atoms with van der Waals surface area (Å²) >= 11 is 0. The van der Waals surface area contributed by atoms with Gasteiger partial charge in [-0.1, -0.05) is 56.7 Å². The molecular weight excluding hydrogens is 500 g/mol. The Balaban J connectivity index is 1.51. The average molecular weight is 533 g/mol. The summed E-state index contributed by atoms with van der Waals surface area (Å²) in [6.45, 7) is 4.91. The molecule has 2 aromatic carbocycles. The van der Waals surface area contributed by atoms with Crippen molar-refractivity contribution in [3.8, 4) is 0 Å². The first-order valence-corrected chi connectivity index (χ1v) is 13.2. The molecule has 0 spiro atoms. The van der Waals surface area contributed by atoms with E-state index >= 15 is 0 Å². The highest BCUT2D eigenvalue weighted by Crippen LogP contribution is 2.46. The van der Waals surface area contributed by atoms with Crippen molar-refractivity contribution < 1.29 is 29.4 Å². The molecule has 1 aromatic heterocycles. The van der Waals surface area contributed by atoms with Crippen molar-refractivity contribution in [3.63, 3.8) is 0 Å². The zero-order chi connectivity index (χ0) is 28.0. The Kier molecular flexibility index (Phi) is 6.90. The second-order valence-electron chi connectivity index (χ2n) is 10.4. The van der Waals surface area contributed by atoms with Crippen LogP contribution in [0, 0.1) is 5.92 Å². The van der Waals surface area contributed by atoms with E-state index in [4.69, 9.17) is 0 Å². The molecule has 2 aliphatic rings. The first-order chi connectivity index (χ1) is 18.6. The number of fused-ring (bicyclic) bond motifs is 7. The zero-order valence-corrected chi connectivity index (χ0v) is 22.0. The summed E-state index contributed by atoms with van der Waals surface area (Å²) in [4.78, 5) is 57.4. The zero-order valence-electron chi connectivity index (χ0n) is 22.0. The number of H-pyrrole nitrogens is 1. The Morgan fingerprint density at radius 2 is 1.74 bits per heavy atom. The van der Waals surface area contributed by atoms with E-state index in [0.717, 1.165) is 27.7 Å². The number of benzene rings is 2. The largest absolute Gasteiger partial charge is 0.480 e. The van der Waals surface area contributed by atoms with Crippen LogP contribution in [0.2, 0.25) is 0 Å². The van der Waals surface area contributed by atoms with Crippen molar-refractivity contribution >= 4 is 34.6 Å². The maximum Gasteiger partial charge on any atom is 0.328 e. The van der Waals surface area contributed by atoms with Crippen LogP contribution in [0.15, 0.2) is 48.5 Å². The van der Waals surface area contributed by atoms with Crippen LogP contribution in [-0.2, 0) is 20.8 Å². The first-order valence-electron chi connectivity index (χ1n) is 13.2. The van der Waals surface area contributed by atoms with Crippen LogP contribution in [0.3, 0.4) is 0 Å². The van der Waals surface area contributed by atoms with Gasteiger partial charge in [0.15, 0.2) is 6.04 Å². The van der Waals surface area contributed by atoms with Crippen LogP contribution in [-0.4, -0.2) is 68.0 Å². The maximum absolute atomic E-state index is 13.9. The molecule has 3 amide bonds. The Bertz CT molecular complexity index is 1460. The van der Waals surface area contributed by atoms with Crippen molar-refractivity contribution in [2.75, 3.05) is 0 Å². The molecule has 0 fully saturated rings.